The molecule has 0 fully saturated rings. The third kappa shape index (κ3) is 3.41. The first-order valence-corrected chi connectivity index (χ1v) is 9.76. The van der Waals surface area contributed by atoms with Crippen molar-refractivity contribution in [3.8, 4) is 0 Å². The van der Waals surface area contributed by atoms with Crippen LogP contribution in [0.2, 0.25) is 0 Å². The maximum absolute atomic E-state index is 12.8. The first-order valence-electron chi connectivity index (χ1n) is 8.88. The van der Waals surface area contributed by atoms with Gasteiger partial charge in [0.15, 0.2) is 0 Å². The maximum Gasteiger partial charge on any atom is 0.256 e. The number of carbonyl (C=O) groups is 1. The highest BCUT2D eigenvalue weighted by atomic mass is 32.1. The summed E-state index contributed by atoms with van der Waals surface area (Å²) in [4.78, 5) is 14.2. The molecule has 24 heavy (non-hydrogen) atoms. The number of benzene rings is 1. The number of aryl methyl sites for hydroxylation is 1. The van der Waals surface area contributed by atoms with Gasteiger partial charge >= 0.3 is 0 Å². The predicted molar refractivity (Wildman–Crippen MR) is 103 cm³/mol. The van der Waals surface area contributed by atoms with Gasteiger partial charge in [0, 0.05) is 15.9 Å². The van der Waals surface area contributed by atoms with Gasteiger partial charge in [-0.2, -0.15) is 0 Å². The van der Waals surface area contributed by atoms with Crippen molar-refractivity contribution >= 4 is 22.9 Å². The van der Waals surface area contributed by atoms with Crippen LogP contribution >= 0.6 is 11.3 Å². The number of anilines is 1. The summed E-state index contributed by atoms with van der Waals surface area (Å²) < 4.78 is 0. The Balaban J connectivity index is 1.80. The molecule has 1 aromatic heterocycles. The normalized spacial score (nSPS) is 17.4. The highest BCUT2D eigenvalue weighted by molar-refractivity contribution is 7.10. The molecule has 0 radical (unpaired) electrons. The zero-order valence-electron chi connectivity index (χ0n) is 15.1. The van der Waals surface area contributed by atoms with Gasteiger partial charge in [0.2, 0.25) is 0 Å². The van der Waals surface area contributed by atoms with E-state index in [-0.39, 0.29) is 5.91 Å². The zero-order chi connectivity index (χ0) is 17.3. The smallest absolute Gasteiger partial charge is 0.256 e. The van der Waals surface area contributed by atoms with E-state index in [9.17, 15) is 4.79 Å². The second-order valence-corrected chi connectivity index (χ2v) is 8.79. The molecule has 0 bridgehead atoms. The molecule has 1 heterocycles. The lowest BCUT2D eigenvalue weighted by Crippen LogP contribution is -2.27. The molecular formula is C21H27NOS. The predicted octanol–water partition coefficient (Wildman–Crippen LogP) is 5.71. The van der Waals surface area contributed by atoms with Crippen LogP contribution in [-0.4, -0.2) is 5.91 Å². The van der Waals surface area contributed by atoms with Crippen LogP contribution in [0.1, 0.15) is 60.5 Å². The number of nitrogens with one attached hydrogen (secondary N) is 1. The van der Waals surface area contributed by atoms with E-state index < -0.39 is 0 Å². The third-order valence-electron chi connectivity index (χ3n) is 5.27. The molecule has 1 aliphatic rings. The lowest BCUT2D eigenvalue weighted by Gasteiger charge is -2.34. The monoisotopic (exact) mass is 341 g/mol. The molecule has 2 nitrogen and oxygen atoms in total. The minimum absolute atomic E-state index is 0.0441. The molecule has 1 atom stereocenters. The highest BCUT2D eigenvalue weighted by Gasteiger charge is 2.31. The lowest BCUT2D eigenvalue weighted by atomic mass is 9.72. The topological polar surface area (TPSA) is 29.1 Å². The average Bonchev–Trinajstić information content (AvgIpc) is 2.97. The van der Waals surface area contributed by atoms with Gasteiger partial charge in [-0.3, -0.25) is 4.79 Å². The summed E-state index contributed by atoms with van der Waals surface area (Å²) >= 11 is 1.76. The minimum atomic E-state index is 0.0441. The molecule has 0 saturated carbocycles. The van der Waals surface area contributed by atoms with Crippen molar-refractivity contribution < 1.29 is 4.79 Å². The summed E-state index contributed by atoms with van der Waals surface area (Å²) in [5.41, 5.74) is 4.63. The van der Waals surface area contributed by atoms with E-state index in [1.165, 1.54) is 22.4 Å². The first kappa shape index (κ1) is 17.2. The van der Waals surface area contributed by atoms with Gasteiger partial charge in [0.25, 0.3) is 5.91 Å². The van der Waals surface area contributed by atoms with Gasteiger partial charge in [-0.05, 0) is 54.2 Å². The Hall–Kier alpha value is -1.61. The van der Waals surface area contributed by atoms with Crippen molar-refractivity contribution in [3.63, 3.8) is 0 Å². The van der Waals surface area contributed by atoms with Gasteiger partial charge in [0.1, 0.15) is 0 Å². The number of thiophene rings is 1. The Labute approximate surface area is 149 Å². The van der Waals surface area contributed by atoms with E-state index in [0.717, 1.165) is 30.5 Å². The fourth-order valence-corrected chi connectivity index (χ4v) is 4.74. The molecule has 3 heteroatoms. The average molecular weight is 342 g/mol. The summed E-state index contributed by atoms with van der Waals surface area (Å²) in [6.45, 7) is 9.09. The van der Waals surface area contributed by atoms with Crippen LogP contribution in [0.25, 0.3) is 0 Å². The zero-order valence-corrected chi connectivity index (χ0v) is 15.9. The van der Waals surface area contributed by atoms with Crippen LogP contribution in [0.15, 0.2) is 29.6 Å². The fourth-order valence-electron chi connectivity index (χ4n) is 3.58. The Kier molecular flexibility index (Phi) is 4.82. The molecule has 1 amide bonds. The van der Waals surface area contributed by atoms with E-state index in [1.54, 1.807) is 11.3 Å². The van der Waals surface area contributed by atoms with E-state index >= 15 is 0 Å². The van der Waals surface area contributed by atoms with Crippen molar-refractivity contribution in [3.05, 3.63) is 51.2 Å². The standard InChI is InChI=1S/C21H27NOS/c1-5-14-8-6-7-9-18(14)22-20(23)17-13-24-19-12-15(21(2,3)4)10-11-16(17)19/h6-9,13,15H,5,10-12H2,1-4H3,(H,22,23). The molecule has 1 aliphatic carbocycles. The summed E-state index contributed by atoms with van der Waals surface area (Å²) in [5, 5.41) is 5.18. The molecule has 0 saturated heterocycles. The fraction of sp³-hybridized carbons (Fsp3) is 0.476. The molecule has 1 unspecified atom stereocenters. The van der Waals surface area contributed by atoms with E-state index in [0.29, 0.717) is 11.3 Å². The Morgan fingerprint density at radius 1 is 1.29 bits per heavy atom. The van der Waals surface area contributed by atoms with Gasteiger partial charge in [-0.25, -0.2) is 0 Å². The van der Waals surface area contributed by atoms with Gasteiger partial charge in [0.05, 0.1) is 5.56 Å². The number of fused-ring (bicyclic) bond motifs is 1. The molecule has 1 N–H and O–H groups in total. The van der Waals surface area contributed by atoms with Crippen molar-refractivity contribution in [1.82, 2.24) is 0 Å². The maximum atomic E-state index is 12.8. The summed E-state index contributed by atoms with van der Waals surface area (Å²) in [7, 11) is 0. The number of para-hydroxylation sites is 1. The van der Waals surface area contributed by atoms with E-state index in [1.807, 2.05) is 18.2 Å². The van der Waals surface area contributed by atoms with Crippen molar-refractivity contribution in [2.24, 2.45) is 11.3 Å². The van der Waals surface area contributed by atoms with Crippen LogP contribution < -0.4 is 5.32 Å². The van der Waals surface area contributed by atoms with Gasteiger partial charge in [-0.1, -0.05) is 45.9 Å². The van der Waals surface area contributed by atoms with Crippen LogP contribution in [0.5, 0.6) is 0 Å². The number of carbonyl (C=O) groups excluding carboxylic acids is 1. The number of amides is 1. The Morgan fingerprint density at radius 2 is 2.04 bits per heavy atom. The molecule has 0 aliphatic heterocycles. The Morgan fingerprint density at radius 3 is 2.75 bits per heavy atom. The lowest BCUT2D eigenvalue weighted by molar-refractivity contribution is 0.102. The molecule has 1 aromatic carbocycles. The highest BCUT2D eigenvalue weighted by Crippen LogP contribution is 2.40. The van der Waals surface area contributed by atoms with Crippen molar-refractivity contribution in [2.75, 3.05) is 5.32 Å². The molecule has 0 spiro atoms. The van der Waals surface area contributed by atoms with E-state index in [2.05, 4.69) is 44.5 Å². The largest absolute Gasteiger partial charge is 0.322 e. The quantitative estimate of drug-likeness (QED) is 0.760. The van der Waals surface area contributed by atoms with E-state index in [4.69, 9.17) is 0 Å². The van der Waals surface area contributed by atoms with Crippen LogP contribution in [0.4, 0.5) is 5.69 Å². The first-order chi connectivity index (χ1) is 11.4. The molecule has 2 aromatic rings. The second kappa shape index (κ2) is 6.72. The summed E-state index contributed by atoms with van der Waals surface area (Å²) in [6.07, 6.45) is 4.24. The van der Waals surface area contributed by atoms with Crippen LogP contribution in [0, 0.1) is 11.3 Å². The number of rotatable bonds is 3. The van der Waals surface area contributed by atoms with Crippen molar-refractivity contribution in [1.29, 1.82) is 0 Å². The summed E-state index contributed by atoms with van der Waals surface area (Å²) in [6, 6.07) is 8.07. The molecule has 128 valence electrons. The van der Waals surface area contributed by atoms with Crippen LogP contribution in [-0.2, 0) is 19.3 Å². The summed E-state index contributed by atoms with van der Waals surface area (Å²) in [5.74, 6) is 0.753. The Bertz CT molecular complexity index is 739. The third-order valence-corrected chi connectivity index (χ3v) is 6.32. The molecular weight excluding hydrogens is 314 g/mol. The number of hydrogen-bond donors (Lipinski definition) is 1. The SMILES string of the molecule is CCc1ccccc1NC(=O)c1csc2c1CCC(C(C)(C)C)C2. The molecule has 3 rings (SSSR count). The van der Waals surface area contributed by atoms with Crippen molar-refractivity contribution in [2.45, 2.75) is 53.4 Å². The van der Waals surface area contributed by atoms with Gasteiger partial charge < -0.3 is 5.32 Å². The number of hydrogen-bond acceptors (Lipinski definition) is 2. The second-order valence-electron chi connectivity index (χ2n) is 7.82. The van der Waals surface area contributed by atoms with Gasteiger partial charge in [-0.15, -0.1) is 11.3 Å². The minimum Gasteiger partial charge on any atom is -0.322 e. The van der Waals surface area contributed by atoms with Crippen LogP contribution in [0.3, 0.4) is 0 Å².